The first kappa shape index (κ1) is 22.6. The van der Waals surface area contributed by atoms with Crippen molar-refractivity contribution in [3.8, 4) is 0 Å². The van der Waals surface area contributed by atoms with Gasteiger partial charge in [-0.3, -0.25) is 9.59 Å². The number of nitrogens with one attached hydrogen (secondary N) is 1. The van der Waals surface area contributed by atoms with Crippen molar-refractivity contribution in [3.05, 3.63) is 66.1 Å². The Morgan fingerprint density at radius 3 is 2.52 bits per heavy atom. The number of fused-ring (bicyclic) bond motifs is 1. The van der Waals surface area contributed by atoms with Gasteiger partial charge in [0.1, 0.15) is 5.82 Å². The van der Waals surface area contributed by atoms with Crippen molar-refractivity contribution >= 4 is 32.7 Å². The van der Waals surface area contributed by atoms with E-state index in [0.717, 1.165) is 27.3 Å². The molecule has 0 aliphatic rings. The van der Waals surface area contributed by atoms with E-state index in [1.165, 1.54) is 26.1 Å². The van der Waals surface area contributed by atoms with Crippen molar-refractivity contribution in [1.29, 1.82) is 0 Å². The van der Waals surface area contributed by atoms with Gasteiger partial charge in [-0.15, -0.1) is 0 Å². The van der Waals surface area contributed by atoms with Crippen molar-refractivity contribution in [3.63, 3.8) is 0 Å². The Morgan fingerprint density at radius 1 is 1.13 bits per heavy atom. The molecule has 0 aliphatic carbocycles. The first-order valence-corrected chi connectivity index (χ1v) is 11.2. The van der Waals surface area contributed by atoms with E-state index in [-0.39, 0.29) is 30.1 Å². The van der Waals surface area contributed by atoms with Gasteiger partial charge in [-0.2, -0.15) is 0 Å². The van der Waals surface area contributed by atoms with Gasteiger partial charge in [-0.25, -0.2) is 17.1 Å². The number of esters is 1. The summed E-state index contributed by atoms with van der Waals surface area (Å²) in [7, 11) is -2.40. The second-order valence-electron chi connectivity index (χ2n) is 7.13. The summed E-state index contributed by atoms with van der Waals surface area (Å²) in [5.41, 5.74) is 1.26. The molecule has 0 radical (unpaired) electrons. The van der Waals surface area contributed by atoms with Crippen molar-refractivity contribution in [1.82, 2.24) is 9.29 Å². The number of hydrogen-bond acceptors (Lipinski definition) is 5. The number of sulfonamides is 1. The number of Topliss-reactive ketones (excluding diaryl/α,β-unsaturated/α-hetero) is 1. The molecule has 2 aromatic carbocycles. The van der Waals surface area contributed by atoms with Crippen LogP contribution in [0.25, 0.3) is 10.9 Å². The molecule has 1 heterocycles. The molecule has 1 unspecified atom stereocenters. The Morgan fingerprint density at radius 2 is 1.81 bits per heavy atom. The summed E-state index contributed by atoms with van der Waals surface area (Å²) in [6.45, 7) is 1.58. The monoisotopic (exact) mass is 446 g/mol. The molecule has 0 spiro atoms. The average molecular weight is 447 g/mol. The summed E-state index contributed by atoms with van der Waals surface area (Å²) in [5, 5.41) is 0.753. The molecule has 7 nitrogen and oxygen atoms in total. The molecular formula is C22H23FN2O5S. The number of carbonyl (C=O) groups excluding carboxylic acids is 2. The third-order valence-electron chi connectivity index (χ3n) is 4.91. The van der Waals surface area contributed by atoms with E-state index < -0.39 is 27.9 Å². The van der Waals surface area contributed by atoms with Crippen LogP contribution in [0.2, 0.25) is 0 Å². The minimum atomic E-state index is -3.78. The molecule has 0 saturated heterocycles. The maximum atomic E-state index is 13.0. The zero-order valence-electron chi connectivity index (χ0n) is 17.2. The molecule has 0 amide bonds. The SMILES string of the molecule is CC(OC(=O)CCCN(C)S(=O)(=O)c1ccc(F)cc1)C(=O)c1c[nH]c2ccccc12. The lowest BCUT2D eigenvalue weighted by molar-refractivity contribution is -0.146. The lowest BCUT2D eigenvalue weighted by Gasteiger charge is -2.17. The van der Waals surface area contributed by atoms with Crippen LogP contribution in [0.3, 0.4) is 0 Å². The standard InChI is InChI=1S/C22H23FN2O5S/c1-15(22(27)19-14-24-20-7-4-3-6-18(19)20)30-21(26)8-5-13-25(2)31(28,29)17-11-9-16(23)10-12-17/h3-4,6-7,9-12,14-15,24H,5,8,13H2,1-2H3. The Hall–Kier alpha value is -3.04. The van der Waals surface area contributed by atoms with Crippen molar-refractivity contribution in [2.45, 2.75) is 30.8 Å². The topological polar surface area (TPSA) is 96.5 Å². The van der Waals surface area contributed by atoms with E-state index in [0.29, 0.717) is 5.56 Å². The van der Waals surface area contributed by atoms with Crippen LogP contribution in [0.4, 0.5) is 4.39 Å². The molecule has 0 aliphatic heterocycles. The van der Waals surface area contributed by atoms with Crippen LogP contribution in [0.1, 0.15) is 30.1 Å². The third kappa shape index (κ3) is 5.18. The summed E-state index contributed by atoms with van der Waals surface area (Å²) in [5.74, 6) is -1.43. The van der Waals surface area contributed by atoms with Gasteiger partial charge in [0.05, 0.1) is 4.90 Å². The van der Waals surface area contributed by atoms with Crippen LogP contribution in [-0.2, 0) is 19.6 Å². The number of rotatable bonds is 9. The van der Waals surface area contributed by atoms with Crippen molar-refractivity contribution in [2.24, 2.45) is 0 Å². The van der Waals surface area contributed by atoms with Crippen molar-refractivity contribution < 1.29 is 27.1 Å². The second kappa shape index (κ2) is 9.40. The molecule has 1 atom stereocenters. The second-order valence-corrected chi connectivity index (χ2v) is 9.17. The van der Waals surface area contributed by atoms with Crippen LogP contribution >= 0.6 is 0 Å². The molecule has 3 rings (SSSR count). The molecule has 31 heavy (non-hydrogen) atoms. The van der Waals surface area contributed by atoms with E-state index in [1.54, 1.807) is 6.20 Å². The maximum Gasteiger partial charge on any atom is 0.306 e. The Bertz CT molecular complexity index is 1190. The number of H-pyrrole nitrogens is 1. The van der Waals surface area contributed by atoms with Gasteiger partial charge in [0.15, 0.2) is 6.10 Å². The number of nitrogens with zero attached hydrogens (tertiary/aromatic N) is 1. The number of ketones is 1. The smallest absolute Gasteiger partial charge is 0.306 e. The summed E-state index contributed by atoms with van der Waals surface area (Å²) in [6, 6.07) is 11.9. The van der Waals surface area contributed by atoms with Crippen LogP contribution in [0.15, 0.2) is 59.6 Å². The highest BCUT2D eigenvalue weighted by molar-refractivity contribution is 7.89. The molecule has 0 bridgehead atoms. The highest BCUT2D eigenvalue weighted by Crippen LogP contribution is 2.20. The zero-order chi connectivity index (χ0) is 22.6. The first-order valence-electron chi connectivity index (χ1n) is 9.72. The Labute approximate surface area is 179 Å². The maximum absolute atomic E-state index is 13.0. The fourth-order valence-electron chi connectivity index (χ4n) is 3.16. The fraction of sp³-hybridized carbons (Fsp3) is 0.273. The molecule has 1 aromatic heterocycles. The normalized spacial score (nSPS) is 12.8. The number of hydrogen-bond donors (Lipinski definition) is 1. The molecule has 0 saturated carbocycles. The highest BCUT2D eigenvalue weighted by Gasteiger charge is 2.23. The molecule has 1 N–H and O–H groups in total. The number of carbonyl (C=O) groups is 2. The third-order valence-corrected chi connectivity index (χ3v) is 6.78. The molecule has 3 aromatic rings. The van der Waals surface area contributed by atoms with E-state index in [2.05, 4.69) is 4.98 Å². The van der Waals surface area contributed by atoms with Gasteiger partial charge in [0.25, 0.3) is 0 Å². The number of aromatic nitrogens is 1. The van der Waals surface area contributed by atoms with Gasteiger partial charge < -0.3 is 9.72 Å². The average Bonchev–Trinajstić information content (AvgIpc) is 3.17. The first-order chi connectivity index (χ1) is 14.7. The quantitative estimate of drug-likeness (QED) is 0.401. The number of benzene rings is 2. The fourth-order valence-corrected chi connectivity index (χ4v) is 4.37. The number of para-hydroxylation sites is 1. The predicted octanol–water partition coefficient (Wildman–Crippen LogP) is 3.52. The van der Waals surface area contributed by atoms with Gasteiger partial charge >= 0.3 is 5.97 Å². The molecule has 9 heteroatoms. The molecule has 164 valence electrons. The van der Waals surface area contributed by atoms with Gasteiger partial charge in [0, 0.05) is 42.7 Å². The lowest BCUT2D eigenvalue weighted by Crippen LogP contribution is -2.29. The minimum Gasteiger partial charge on any atom is -0.454 e. The summed E-state index contributed by atoms with van der Waals surface area (Å²) < 4.78 is 44.3. The minimum absolute atomic E-state index is 0.0306. The number of aromatic amines is 1. The lowest BCUT2D eigenvalue weighted by atomic mass is 10.1. The van der Waals surface area contributed by atoms with Crippen LogP contribution in [0, 0.1) is 5.82 Å². The van der Waals surface area contributed by atoms with Crippen LogP contribution in [-0.4, -0.2) is 49.2 Å². The van der Waals surface area contributed by atoms with E-state index in [1.807, 2.05) is 24.3 Å². The number of halogens is 1. The van der Waals surface area contributed by atoms with E-state index >= 15 is 0 Å². The zero-order valence-corrected chi connectivity index (χ0v) is 18.0. The largest absolute Gasteiger partial charge is 0.454 e. The van der Waals surface area contributed by atoms with E-state index in [9.17, 15) is 22.4 Å². The van der Waals surface area contributed by atoms with Crippen LogP contribution < -0.4 is 0 Å². The summed E-state index contributed by atoms with van der Waals surface area (Å²) >= 11 is 0. The van der Waals surface area contributed by atoms with E-state index in [4.69, 9.17) is 4.74 Å². The summed E-state index contributed by atoms with van der Waals surface area (Å²) in [4.78, 5) is 27.8. The molecule has 0 fully saturated rings. The Balaban J connectivity index is 1.51. The van der Waals surface area contributed by atoms with Crippen molar-refractivity contribution in [2.75, 3.05) is 13.6 Å². The Kier molecular flexibility index (Phi) is 6.87. The predicted molar refractivity (Wildman–Crippen MR) is 114 cm³/mol. The summed E-state index contributed by atoms with van der Waals surface area (Å²) in [6.07, 6.45) is 0.790. The highest BCUT2D eigenvalue weighted by atomic mass is 32.2. The van der Waals surface area contributed by atoms with Gasteiger partial charge in [0.2, 0.25) is 15.8 Å². The number of ether oxygens (including phenoxy) is 1. The molecular weight excluding hydrogens is 423 g/mol. The van der Waals surface area contributed by atoms with Gasteiger partial charge in [-0.05, 0) is 43.7 Å². The van der Waals surface area contributed by atoms with Crippen LogP contribution in [0.5, 0.6) is 0 Å². The van der Waals surface area contributed by atoms with Gasteiger partial charge in [-0.1, -0.05) is 18.2 Å².